The average molecular weight is 370 g/mol. The minimum absolute atomic E-state index is 0. The lowest BCUT2D eigenvalue weighted by Gasteiger charge is -2.27. The number of nitrogens with zero attached hydrogens (tertiary/aromatic N) is 1. The highest BCUT2D eigenvalue weighted by Crippen LogP contribution is 2.19. The Balaban J connectivity index is 0.00000225. The zero-order valence-corrected chi connectivity index (χ0v) is 15.1. The van der Waals surface area contributed by atoms with Crippen LogP contribution in [0.4, 0.5) is 5.69 Å². The van der Waals surface area contributed by atoms with Crippen LogP contribution in [0.15, 0.2) is 18.2 Å². The van der Waals surface area contributed by atoms with Crippen molar-refractivity contribution < 1.29 is 19.1 Å². The Bertz CT molecular complexity index is 614. The van der Waals surface area contributed by atoms with Gasteiger partial charge in [-0.3, -0.25) is 9.59 Å². The molecular weight excluding hydrogens is 346 g/mol. The number of ether oxygens (including phenoxy) is 2. The molecule has 1 aromatic rings. The summed E-state index contributed by atoms with van der Waals surface area (Å²) in [6.07, 6.45) is -0.503. The van der Waals surface area contributed by atoms with E-state index < -0.39 is 6.10 Å². The third-order valence-electron chi connectivity index (χ3n) is 4.26. The van der Waals surface area contributed by atoms with Crippen LogP contribution in [0.2, 0.25) is 0 Å². The fourth-order valence-corrected chi connectivity index (χ4v) is 2.79. The standard InChI is InChI=1S/C17H23N3O4.ClH/c1-12-2-3-13(17(22)20-5-8-23-9-6-20)10-14(12)19-16(21)15-11-18-4-7-24-15;/h2-3,10,15,18H,4-9,11H2,1H3,(H,19,21);1H. The molecule has 0 saturated carbocycles. The highest BCUT2D eigenvalue weighted by molar-refractivity contribution is 5.99. The van der Waals surface area contributed by atoms with Crippen molar-refractivity contribution in [2.75, 3.05) is 51.3 Å². The van der Waals surface area contributed by atoms with Crippen molar-refractivity contribution in [2.45, 2.75) is 13.0 Å². The molecule has 2 amide bonds. The van der Waals surface area contributed by atoms with E-state index in [1.807, 2.05) is 13.0 Å². The third-order valence-corrected chi connectivity index (χ3v) is 4.26. The Morgan fingerprint density at radius 1 is 1.24 bits per heavy atom. The number of hydrogen-bond acceptors (Lipinski definition) is 5. The van der Waals surface area contributed by atoms with Crippen molar-refractivity contribution in [1.29, 1.82) is 0 Å². The van der Waals surface area contributed by atoms with E-state index in [1.54, 1.807) is 17.0 Å². The van der Waals surface area contributed by atoms with E-state index in [0.717, 1.165) is 12.1 Å². The maximum Gasteiger partial charge on any atom is 0.254 e. The Hall–Kier alpha value is -1.67. The van der Waals surface area contributed by atoms with Gasteiger partial charge >= 0.3 is 0 Å². The first kappa shape index (κ1) is 19.7. The first-order valence-corrected chi connectivity index (χ1v) is 8.26. The van der Waals surface area contributed by atoms with Gasteiger partial charge in [-0.05, 0) is 24.6 Å². The van der Waals surface area contributed by atoms with Crippen LogP contribution in [0.25, 0.3) is 0 Å². The zero-order valence-electron chi connectivity index (χ0n) is 14.2. The molecule has 0 spiro atoms. The van der Waals surface area contributed by atoms with Gasteiger partial charge in [0.25, 0.3) is 11.8 Å². The molecule has 2 fully saturated rings. The number of morpholine rings is 2. The molecule has 0 aliphatic carbocycles. The highest BCUT2D eigenvalue weighted by atomic mass is 35.5. The van der Waals surface area contributed by atoms with Crippen molar-refractivity contribution in [3.63, 3.8) is 0 Å². The number of rotatable bonds is 3. The maximum atomic E-state index is 12.6. The lowest BCUT2D eigenvalue weighted by molar-refractivity contribution is -0.128. The van der Waals surface area contributed by atoms with Crippen LogP contribution in [0.3, 0.4) is 0 Å². The van der Waals surface area contributed by atoms with Crippen LogP contribution in [0.1, 0.15) is 15.9 Å². The summed E-state index contributed by atoms with van der Waals surface area (Å²) in [5.41, 5.74) is 2.12. The molecule has 2 N–H and O–H groups in total. The molecule has 138 valence electrons. The maximum absolute atomic E-state index is 12.6. The molecule has 2 aliphatic rings. The Labute approximate surface area is 153 Å². The molecule has 2 saturated heterocycles. The molecule has 7 nitrogen and oxygen atoms in total. The summed E-state index contributed by atoms with van der Waals surface area (Å²) in [6.45, 7) is 5.99. The van der Waals surface area contributed by atoms with E-state index >= 15 is 0 Å². The molecule has 25 heavy (non-hydrogen) atoms. The molecule has 0 aromatic heterocycles. The van der Waals surface area contributed by atoms with Gasteiger partial charge in [-0.15, -0.1) is 12.4 Å². The summed E-state index contributed by atoms with van der Waals surface area (Å²) in [7, 11) is 0. The van der Waals surface area contributed by atoms with Crippen LogP contribution < -0.4 is 10.6 Å². The lowest BCUT2D eigenvalue weighted by atomic mass is 10.1. The van der Waals surface area contributed by atoms with Gasteiger partial charge in [-0.25, -0.2) is 0 Å². The van der Waals surface area contributed by atoms with E-state index in [1.165, 1.54) is 0 Å². The number of halogens is 1. The molecule has 2 aliphatic heterocycles. The first-order chi connectivity index (χ1) is 11.6. The summed E-state index contributed by atoms with van der Waals surface area (Å²) >= 11 is 0. The van der Waals surface area contributed by atoms with Gasteiger partial charge in [0.1, 0.15) is 6.10 Å². The van der Waals surface area contributed by atoms with Gasteiger partial charge in [0.15, 0.2) is 0 Å². The normalized spacial score (nSPS) is 20.5. The number of carbonyl (C=O) groups is 2. The van der Waals surface area contributed by atoms with Gasteiger partial charge in [0.05, 0.1) is 19.8 Å². The van der Waals surface area contributed by atoms with E-state index in [2.05, 4.69) is 10.6 Å². The predicted octanol–water partition coefficient (Wildman–Crippen LogP) is 0.816. The second-order valence-electron chi connectivity index (χ2n) is 5.99. The van der Waals surface area contributed by atoms with E-state index in [0.29, 0.717) is 50.7 Å². The van der Waals surface area contributed by atoms with Crippen molar-refractivity contribution in [1.82, 2.24) is 10.2 Å². The van der Waals surface area contributed by atoms with Crippen molar-refractivity contribution >= 4 is 29.9 Å². The minimum Gasteiger partial charge on any atom is -0.378 e. The van der Waals surface area contributed by atoms with Gasteiger partial charge in [-0.1, -0.05) is 6.07 Å². The number of carbonyl (C=O) groups excluding carboxylic acids is 2. The summed E-state index contributed by atoms with van der Waals surface area (Å²) in [5.74, 6) is -0.231. The first-order valence-electron chi connectivity index (χ1n) is 8.26. The van der Waals surface area contributed by atoms with Crippen LogP contribution in [0, 0.1) is 6.92 Å². The number of aryl methyl sites for hydroxylation is 1. The van der Waals surface area contributed by atoms with Crippen molar-refractivity contribution in [2.24, 2.45) is 0 Å². The van der Waals surface area contributed by atoms with Gasteiger partial charge in [0, 0.05) is 37.4 Å². The second kappa shape index (κ2) is 9.15. The Kier molecular flexibility index (Phi) is 7.19. The zero-order chi connectivity index (χ0) is 16.9. The van der Waals surface area contributed by atoms with E-state index in [4.69, 9.17) is 9.47 Å². The summed E-state index contributed by atoms with van der Waals surface area (Å²) in [6, 6.07) is 5.38. The molecule has 1 atom stereocenters. The molecule has 0 bridgehead atoms. The molecule has 1 aromatic carbocycles. The second-order valence-corrected chi connectivity index (χ2v) is 5.99. The average Bonchev–Trinajstić information content (AvgIpc) is 2.64. The van der Waals surface area contributed by atoms with E-state index in [9.17, 15) is 9.59 Å². The van der Waals surface area contributed by atoms with Gasteiger partial charge in [-0.2, -0.15) is 0 Å². The lowest BCUT2D eigenvalue weighted by Crippen LogP contribution is -2.45. The molecule has 0 radical (unpaired) electrons. The summed E-state index contributed by atoms with van der Waals surface area (Å²) in [4.78, 5) is 26.7. The van der Waals surface area contributed by atoms with Gasteiger partial charge in [0.2, 0.25) is 0 Å². The fourth-order valence-electron chi connectivity index (χ4n) is 2.79. The highest BCUT2D eigenvalue weighted by Gasteiger charge is 2.23. The van der Waals surface area contributed by atoms with Crippen LogP contribution >= 0.6 is 12.4 Å². The van der Waals surface area contributed by atoms with Crippen molar-refractivity contribution in [3.8, 4) is 0 Å². The Morgan fingerprint density at radius 2 is 2.00 bits per heavy atom. The van der Waals surface area contributed by atoms with Gasteiger partial charge < -0.3 is 25.0 Å². The third kappa shape index (κ3) is 4.92. The number of amides is 2. The topological polar surface area (TPSA) is 79.9 Å². The largest absolute Gasteiger partial charge is 0.378 e. The van der Waals surface area contributed by atoms with E-state index in [-0.39, 0.29) is 24.2 Å². The quantitative estimate of drug-likeness (QED) is 0.824. The molecular formula is C17H24ClN3O4. The van der Waals surface area contributed by atoms with Crippen LogP contribution in [-0.4, -0.2) is 68.8 Å². The monoisotopic (exact) mass is 369 g/mol. The number of nitrogens with one attached hydrogen (secondary N) is 2. The SMILES string of the molecule is Cc1ccc(C(=O)N2CCOCC2)cc1NC(=O)C1CNCCO1.Cl. The molecule has 2 heterocycles. The van der Waals surface area contributed by atoms with Crippen LogP contribution in [-0.2, 0) is 14.3 Å². The van der Waals surface area contributed by atoms with Crippen LogP contribution in [0.5, 0.6) is 0 Å². The molecule has 8 heteroatoms. The smallest absolute Gasteiger partial charge is 0.254 e. The summed E-state index contributed by atoms with van der Waals surface area (Å²) in [5, 5.41) is 6.01. The molecule has 3 rings (SSSR count). The minimum atomic E-state index is -0.503. The number of benzene rings is 1. The predicted molar refractivity (Wildman–Crippen MR) is 96.4 cm³/mol. The number of anilines is 1. The van der Waals surface area contributed by atoms with Crippen molar-refractivity contribution in [3.05, 3.63) is 29.3 Å². The fraction of sp³-hybridized carbons (Fsp3) is 0.529. The summed E-state index contributed by atoms with van der Waals surface area (Å²) < 4.78 is 10.7. The Morgan fingerprint density at radius 3 is 2.68 bits per heavy atom. The molecule has 1 unspecified atom stereocenters. The number of hydrogen-bond donors (Lipinski definition) is 2.